The highest BCUT2D eigenvalue weighted by Gasteiger charge is 2.68. The standard InChI is InChI=1S/C21H18N4O6/c1-28-19(26)22-15-3-5-17-13(9-15)11-24-7-8-25-12-14-10-16(23-20(27)29-2)4-6-18(14)31-21(24,25)30-17/h3-6,9-12H,7-8H2,1-2H3/p+2. The summed E-state index contributed by atoms with van der Waals surface area (Å²) in [5, 5.41) is 5.30. The average molecular weight is 424 g/mol. The Labute approximate surface area is 177 Å². The molecule has 10 heteroatoms. The molecule has 3 heterocycles. The Kier molecular flexibility index (Phi) is 4.28. The van der Waals surface area contributed by atoms with Crippen LogP contribution >= 0.6 is 0 Å². The van der Waals surface area contributed by atoms with Crippen molar-refractivity contribution in [2.75, 3.05) is 37.9 Å². The van der Waals surface area contributed by atoms with Crippen LogP contribution in [0.5, 0.6) is 11.5 Å². The van der Waals surface area contributed by atoms with Crippen LogP contribution in [0.3, 0.4) is 0 Å². The van der Waals surface area contributed by atoms with Crippen molar-refractivity contribution in [2.24, 2.45) is 0 Å². The Morgan fingerprint density at radius 1 is 0.839 bits per heavy atom. The number of methoxy groups -OCH3 is 2. The molecule has 0 radical (unpaired) electrons. The minimum atomic E-state index is -1.13. The van der Waals surface area contributed by atoms with E-state index < -0.39 is 18.2 Å². The summed E-state index contributed by atoms with van der Waals surface area (Å²) < 4.78 is 25.9. The molecule has 0 atom stereocenters. The Morgan fingerprint density at radius 2 is 1.29 bits per heavy atom. The maximum atomic E-state index is 11.5. The lowest BCUT2D eigenvalue weighted by Gasteiger charge is -2.27. The summed E-state index contributed by atoms with van der Waals surface area (Å²) in [7, 11) is 2.63. The topological polar surface area (TPSA) is 101 Å². The van der Waals surface area contributed by atoms with Crippen molar-refractivity contribution in [3.05, 3.63) is 47.5 Å². The van der Waals surface area contributed by atoms with Gasteiger partial charge in [-0.2, -0.15) is 0 Å². The van der Waals surface area contributed by atoms with E-state index in [-0.39, 0.29) is 0 Å². The summed E-state index contributed by atoms with van der Waals surface area (Å²) in [4.78, 5) is 23.0. The average Bonchev–Trinajstić information content (AvgIpc) is 3.12. The molecule has 0 bridgehead atoms. The van der Waals surface area contributed by atoms with E-state index in [2.05, 4.69) is 20.1 Å². The van der Waals surface area contributed by atoms with Crippen molar-refractivity contribution in [1.82, 2.24) is 0 Å². The van der Waals surface area contributed by atoms with Crippen LogP contribution in [0.2, 0.25) is 0 Å². The fourth-order valence-corrected chi connectivity index (χ4v) is 3.81. The van der Waals surface area contributed by atoms with Crippen molar-refractivity contribution < 1.29 is 37.7 Å². The minimum absolute atomic E-state index is 0.539. The van der Waals surface area contributed by atoms with Crippen LogP contribution < -0.4 is 20.1 Å². The molecular weight excluding hydrogens is 404 g/mol. The molecule has 2 N–H and O–H groups in total. The van der Waals surface area contributed by atoms with Gasteiger partial charge in [0.1, 0.15) is 0 Å². The molecule has 3 aliphatic rings. The van der Waals surface area contributed by atoms with Crippen LogP contribution in [0.4, 0.5) is 21.0 Å². The summed E-state index contributed by atoms with van der Waals surface area (Å²) in [5.41, 5.74) is 2.83. The second-order valence-corrected chi connectivity index (χ2v) is 7.14. The van der Waals surface area contributed by atoms with E-state index in [1.807, 2.05) is 33.7 Å². The third kappa shape index (κ3) is 3.12. The zero-order chi connectivity index (χ0) is 21.6. The van der Waals surface area contributed by atoms with Crippen LogP contribution in [0.1, 0.15) is 11.1 Å². The second kappa shape index (κ2) is 7.01. The van der Waals surface area contributed by atoms with Gasteiger partial charge in [0, 0.05) is 11.4 Å². The Hall–Kier alpha value is -4.08. The minimum Gasteiger partial charge on any atom is -0.453 e. The van der Waals surface area contributed by atoms with Crippen molar-refractivity contribution >= 4 is 36.0 Å². The van der Waals surface area contributed by atoms with Crippen LogP contribution in [0, 0.1) is 0 Å². The predicted molar refractivity (Wildman–Crippen MR) is 110 cm³/mol. The molecule has 0 aliphatic carbocycles. The molecule has 1 fully saturated rings. The highest BCUT2D eigenvalue weighted by molar-refractivity contribution is 5.90. The number of anilines is 2. The number of hydrogen-bond donors (Lipinski definition) is 2. The zero-order valence-electron chi connectivity index (χ0n) is 16.9. The summed E-state index contributed by atoms with van der Waals surface area (Å²) in [6, 6.07) is 9.53. The third-order valence-corrected chi connectivity index (χ3v) is 5.27. The summed E-state index contributed by atoms with van der Waals surface area (Å²) in [6.45, 7) is 1.34. The first-order valence-corrected chi connectivity index (χ1v) is 9.60. The largest absolute Gasteiger partial charge is 0.704 e. The van der Waals surface area contributed by atoms with Gasteiger partial charge in [-0.1, -0.05) is 9.15 Å². The summed E-state index contributed by atoms with van der Waals surface area (Å²) in [6.07, 6.45) is 2.83. The molecule has 0 aromatic heterocycles. The van der Waals surface area contributed by atoms with Gasteiger partial charge in [-0.25, -0.2) is 9.59 Å². The third-order valence-electron chi connectivity index (χ3n) is 5.27. The normalized spacial score (nSPS) is 16.6. The molecule has 2 aromatic carbocycles. The Morgan fingerprint density at radius 3 is 1.71 bits per heavy atom. The van der Waals surface area contributed by atoms with E-state index in [4.69, 9.17) is 9.47 Å². The van der Waals surface area contributed by atoms with Gasteiger partial charge in [-0.05, 0) is 36.4 Å². The highest BCUT2D eigenvalue weighted by Crippen LogP contribution is 2.38. The molecular formula is C21H20N4O6+2. The SMILES string of the molecule is COC(=O)Nc1ccc2c(c1)C=[N+]1CC[N+]3=Cc4cc(NC(=O)OC)ccc4OC13O2. The molecule has 1 spiro atoms. The highest BCUT2D eigenvalue weighted by atomic mass is 16.7. The monoisotopic (exact) mass is 424 g/mol. The molecule has 10 nitrogen and oxygen atoms in total. The summed E-state index contributed by atoms with van der Waals surface area (Å²) >= 11 is 0. The molecule has 0 unspecified atom stereocenters. The van der Waals surface area contributed by atoms with Gasteiger partial charge < -0.3 is 18.9 Å². The lowest BCUT2D eigenvalue weighted by atomic mass is 10.1. The Bertz CT molecular complexity index is 1080. The number of fused-ring (bicyclic) bond motifs is 2. The molecule has 2 aromatic rings. The smallest absolute Gasteiger partial charge is 0.453 e. The van der Waals surface area contributed by atoms with Crippen molar-refractivity contribution in [3.63, 3.8) is 0 Å². The number of benzene rings is 2. The van der Waals surface area contributed by atoms with Gasteiger partial charge in [0.05, 0.1) is 25.3 Å². The Balaban J connectivity index is 1.47. The van der Waals surface area contributed by atoms with E-state index >= 15 is 0 Å². The van der Waals surface area contributed by atoms with Gasteiger partial charge in [-0.3, -0.25) is 10.6 Å². The molecule has 2 amide bonds. The number of nitrogens with zero attached hydrogens (tertiary/aromatic N) is 2. The quantitative estimate of drug-likeness (QED) is 0.716. The van der Waals surface area contributed by atoms with Crippen molar-refractivity contribution in [3.8, 4) is 11.5 Å². The maximum absolute atomic E-state index is 11.5. The maximum Gasteiger partial charge on any atom is 0.704 e. The number of amides is 2. The molecule has 0 saturated carbocycles. The first kappa shape index (κ1) is 18.9. The fourth-order valence-electron chi connectivity index (χ4n) is 3.81. The van der Waals surface area contributed by atoms with E-state index in [9.17, 15) is 9.59 Å². The lowest BCUT2D eigenvalue weighted by Crippen LogP contribution is -2.59. The number of carbonyl (C=O) groups is 2. The second-order valence-electron chi connectivity index (χ2n) is 7.14. The first-order valence-electron chi connectivity index (χ1n) is 9.60. The number of ether oxygens (including phenoxy) is 4. The van der Waals surface area contributed by atoms with Crippen LogP contribution in [0.25, 0.3) is 0 Å². The molecule has 1 saturated heterocycles. The zero-order valence-corrected chi connectivity index (χ0v) is 16.9. The molecule has 158 valence electrons. The van der Waals surface area contributed by atoms with Gasteiger partial charge in [0.15, 0.2) is 23.9 Å². The van der Waals surface area contributed by atoms with E-state index in [0.717, 1.165) is 11.1 Å². The van der Waals surface area contributed by atoms with E-state index in [0.29, 0.717) is 36.0 Å². The molecule has 31 heavy (non-hydrogen) atoms. The number of rotatable bonds is 2. The molecule has 5 rings (SSSR count). The predicted octanol–water partition coefficient (Wildman–Crippen LogP) is 2.02. The van der Waals surface area contributed by atoms with Gasteiger partial charge >= 0.3 is 18.2 Å². The van der Waals surface area contributed by atoms with Crippen molar-refractivity contribution in [1.29, 1.82) is 0 Å². The van der Waals surface area contributed by atoms with Gasteiger partial charge in [0.25, 0.3) is 0 Å². The number of hydrogen-bond acceptors (Lipinski definition) is 6. The van der Waals surface area contributed by atoms with E-state index in [1.165, 1.54) is 14.2 Å². The summed E-state index contributed by atoms with van der Waals surface area (Å²) in [5.74, 6) is 1.25. The number of carbonyl (C=O) groups excluding carboxylic acids is 2. The van der Waals surface area contributed by atoms with E-state index in [1.54, 1.807) is 24.3 Å². The van der Waals surface area contributed by atoms with Gasteiger partial charge in [0.2, 0.25) is 13.1 Å². The fraction of sp³-hybridized carbons (Fsp3) is 0.238. The lowest BCUT2D eigenvalue weighted by molar-refractivity contribution is -0.855. The molecule has 3 aliphatic heterocycles. The van der Waals surface area contributed by atoms with Crippen LogP contribution in [-0.2, 0) is 9.47 Å². The first-order chi connectivity index (χ1) is 15.0. The van der Waals surface area contributed by atoms with Crippen LogP contribution in [-0.4, -0.2) is 67.1 Å². The van der Waals surface area contributed by atoms with Crippen molar-refractivity contribution in [2.45, 2.75) is 6.03 Å². The number of nitrogens with one attached hydrogen (secondary N) is 2. The van der Waals surface area contributed by atoms with Gasteiger partial charge in [-0.15, -0.1) is 0 Å². The van der Waals surface area contributed by atoms with Crippen LogP contribution in [0.15, 0.2) is 36.4 Å².